The van der Waals surface area contributed by atoms with Crippen LogP contribution in [0.2, 0.25) is 0 Å². The van der Waals surface area contributed by atoms with Crippen LogP contribution in [0.25, 0.3) is 0 Å². The van der Waals surface area contributed by atoms with Crippen LogP contribution in [0.5, 0.6) is 0 Å². The number of hydrogen-bond acceptors (Lipinski definition) is 14. The quantitative estimate of drug-likeness (QED) is 0.121. The van der Waals surface area contributed by atoms with Gasteiger partial charge in [-0.05, 0) is 6.07 Å². The largest absolute Gasteiger partial charge is 0.473 e. The number of ether oxygens (including phenoxy) is 3. The molecule has 0 saturated carbocycles. The molecule has 218 valence electrons. The first-order chi connectivity index (χ1) is 17.6. The van der Waals surface area contributed by atoms with Gasteiger partial charge < -0.3 is 55.1 Å². The molecule has 18 nitrogen and oxygen atoms in total. The fourth-order valence-corrected chi connectivity index (χ4v) is 6.20. The predicted octanol–water partition coefficient (Wildman–Crippen LogP) is -2.80. The molecule has 3 heterocycles. The number of phosphoric acid groups is 1. The van der Waals surface area contributed by atoms with E-state index in [1.165, 1.54) is 13.0 Å². The summed E-state index contributed by atoms with van der Waals surface area (Å²) in [7, 11) is -10.6. The topological polar surface area (TPSA) is 283 Å². The van der Waals surface area contributed by atoms with Gasteiger partial charge in [-0.1, -0.05) is 6.92 Å². The summed E-state index contributed by atoms with van der Waals surface area (Å²) >= 11 is 0. The molecule has 9 N–H and O–H groups in total. The minimum Gasteiger partial charge on any atom is -0.394 e. The zero-order valence-electron chi connectivity index (χ0n) is 19.9. The second-order valence-electron chi connectivity index (χ2n) is 8.74. The van der Waals surface area contributed by atoms with Gasteiger partial charge in [0.25, 0.3) is 0 Å². The Morgan fingerprint density at radius 1 is 1.21 bits per heavy atom. The van der Waals surface area contributed by atoms with Gasteiger partial charge in [0.2, 0.25) is 0 Å². The van der Waals surface area contributed by atoms with Crippen LogP contribution in [0.3, 0.4) is 0 Å². The summed E-state index contributed by atoms with van der Waals surface area (Å²) in [4.78, 5) is 45.2. The molecule has 0 radical (unpaired) electrons. The normalized spacial score (nSPS) is 34.6. The molecule has 3 rings (SSSR count). The lowest BCUT2D eigenvalue weighted by Crippen LogP contribution is -2.49. The molecule has 2 aliphatic heterocycles. The van der Waals surface area contributed by atoms with E-state index in [0.29, 0.717) is 0 Å². The van der Waals surface area contributed by atoms with Crippen molar-refractivity contribution in [2.75, 3.05) is 25.6 Å². The van der Waals surface area contributed by atoms with Crippen LogP contribution in [0.1, 0.15) is 19.6 Å². The molecular formula is C18H31N3O15P2. The summed E-state index contributed by atoms with van der Waals surface area (Å²) in [5, 5.41) is 39.8. The number of anilines is 1. The van der Waals surface area contributed by atoms with Gasteiger partial charge >= 0.3 is 21.1 Å². The highest BCUT2D eigenvalue weighted by Gasteiger charge is 2.50. The highest BCUT2D eigenvalue weighted by molar-refractivity contribution is 7.54. The summed E-state index contributed by atoms with van der Waals surface area (Å²) in [5.41, 5.74) is 4.50. The Morgan fingerprint density at radius 3 is 2.50 bits per heavy atom. The van der Waals surface area contributed by atoms with E-state index in [9.17, 15) is 43.9 Å². The summed E-state index contributed by atoms with van der Waals surface area (Å²) in [6.45, 7) is -0.00737. The molecule has 2 saturated heterocycles. The molecule has 0 aliphatic carbocycles. The lowest BCUT2D eigenvalue weighted by atomic mass is 9.95. The minimum atomic E-state index is -5.32. The molecule has 38 heavy (non-hydrogen) atoms. The van der Waals surface area contributed by atoms with E-state index in [1.54, 1.807) is 0 Å². The van der Waals surface area contributed by atoms with Crippen molar-refractivity contribution in [2.45, 2.75) is 62.2 Å². The molecule has 0 bridgehead atoms. The van der Waals surface area contributed by atoms with E-state index in [-0.39, 0.29) is 12.4 Å². The van der Waals surface area contributed by atoms with Crippen LogP contribution >= 0.6 is 15.4 Å². The van der Waals surface area contributed by atoms with Gasteiger partial charge in [-0.2, -0.15) is 4.98 Å². The maximum absolute atomic E-state index is 12.6. The Bertz CT molecular complexity index is 1100. The molecule has 10 atom stereocenters. The van der Waals surface area contributed by atoms with Crippen molar-refractivity contribution in [2.24, 2.45) is 5.92 Å². The molecule has 1 aromatic rings. The third-order valence-corrected chi connectivity index (χ3v) is 8.18. The molecule has 0 aromatic carbocycles. The first-order valence-corrected chi connectivity index (χ1v) is 14.5. The van der Waals surface area contributed by atoms with Crippen molar-refractivity contribution in [1.29, 1.82) is 0 Å². The Kier molecular flexibility index (Phi) is 10.2. The van der Waals surface area contributed by atoms with Gasteiger partial charge in [0, 0.05) is 18.5 Å². The Labute approximate surface area is 215 Å². The molecule has 0 amide bonds. The van der Waals surface area contributed by atoms with Crippen molar-refractivity contribution in [3.8, 4) is 0 Å². The maximum Gasteiger partial charge on any atom is 0.473 e. The molecule has 0 spiro atoms. The summed E-state index contributed by atoms with van der Waals surface area (Å²) in [6, 6.07) is 1.23. The molecule has 2 aliphatic rings. The van der Waals surface area contributed by atoms with Crippen LogP contribution in [0.15, 0.2) is 17.1 Å². The average molecular weight is 591 g/mol. The number of phosphoric ester groups is 1. The van der Waals surface area contributed by atoms with Gasteiger partial charge in [-0.25, -0.2) is 9.36 Å². The summed E-state index contributed by atoms with van der Waals surface area (Å²) in [5.74, 6) is -3.16. The Morgan fingerprint density at radius 2 is 1.89 bits per heavy atom. The number of rotatable bonds is 11. The number of nitrogen functional groups attached to an aromatic ring is 1. The highest BCUT2D eigenvalue weighted by Crippen LogP contribution is 2.56. The zero-order valence-corrected chi connectivity index (χ0v) is 21.7. The Hall–Kier alpha value is -1.34. The molecule has 20 heteroatoms. The SMILES string of the molecule is C[C@H]1C(OCCO)O[C@@H](C(OP(=O)(O)OC[C@H]2O[C@@H](n3ccc(N)nc3=O)C(O)[C@H]2O)P(=O)(O)O)C[C@H]1O. The Balaban J connectivity index is 1.69. The third-order valence-electron chi connectivity index (χ3n) is 5.95. The number of nitrogens with two attached hydrogens (primary N) is 1. The molecular weight excluding hydrogens is 560 g/mol. The first-order valence-electron chi connectivity index (χ1n) is 11.3. The fourth-order valence-electron chi connectivity index (χ4n) is 3.93. The van der Waals surface area contributed by atoms with Crippen molar-refractivity contribution >= 4 is 21.2 Å². The van der Waals surface area contributed by atoms with Crippen LogP contribution < -0.4 is 11.4 Å². The standard InChI is InChI=1S/C18H31N3O15P2/c1-8-9(23)6-10(35-16(8)32-5-4-22)17(37(27,28)29)36-38(30,31)33-7-11-13(24)14(25)15(34-11)21-3-2-12(19)20-18(21)26/h2-3,8-11,13-17,22-25H,4-7H2,1H3,(H,30,31)(H2,19,20,26)(H2,27,28,29)/t8-,9-,10-,11-,13+,14?,15-,16?,17?/m1/s1. The van der Waals surface area contributed by atoms with Crippen molar-refractivity contribution in [1.82, 2.24) is 9.55 Å². The predicted molar refractivity (Wildman–Crippen MR) is 123 cm³/mol. The monoisotopic (exact) mass is 591 g/mol. The first kappa shape index (κ1) is 31.2. The van der Waals surface area contributed by atoms with Crippen LogP contribution in [0, 0.1) is 5.92 Å². The van der Waals surface area contributed by atoms with E-state index >= 15 is 0 Å². The third kappa shape index (κ3) is 7.44. The maximum atomic E-state index is 12.6. The van der Waals surface area contributed by atoms with E-state index in [4.69, 9.17) is 34.1 Å². The van der Waals surface area contributed by atoms with Crippen molar-refractivity contribution in [3.05, 3.63) is 22.7 Å². The van der Waals surface area contributed by atoms with Crippen LogP contribution in [-0.4, -0.2) is 107 Å². The number of hydrogen-bond donors (Lipinski definition) is 8. The van der Waals surface area contributed by atoms with Gasteiger partial charge in [-0.3, -0.25) is 18.2 Å². The summed E-state index contributed by atoms with van der Waals surface area (Å²) < 4.78 is 51.1. The molecule has 4 unspecified atom stereocenters. The smallest absolute Gasteiger partial charge is 0.394 e. The van der Waals surface area contributed by atoms with Crippen LogP contribution in [-0.2, 0) is 32.4 Å². The molecule has 2 fully saturated rings. The zero-order chi connectivity index (χ0) is 28.4. The fraction of sp³-hybridized carbons (Fsp3) is 0.778. The minimum absolute atomic E-state index is 0.104. The number of aliphatic hydroxyl groups excluding tert-OH is 4. The average Bonchev–Trinajstić information content (AvgIpc) is 3.10. The lowest BCUT2D eigenvalue weighted by molar-refractivity contribution is -0.254. The van der Waals surface area contributed by atoms with E-state index in [0.717, 1.165) is 10.8 Å². The van der Waals surface area contributed by atoms with Crippen molar-refractivity contribution < 1.29 is 67.5 Å². The number of aliphatic hydroxyl groups is 4. The van der Waals surface area contributed by atoms with Gasteiger partial charge in [-0.15, -0.1) is 0 Å². The van der Waals surface area contributed by atoms with E-state index in [2.05, 4.69) is 4.98 Å². The lowest BCUT2D eigenvalue weighted by Gasteiger charge is -2.40. The van der Waals surface area contributed by atoms with Gasteiger partial charge in [0.05, 0.1) is 25.9 Å². The highest BCUT2D eigenvalue weighted by atomic mass is 31.2. The number of nitrogens with zero attached hydrogens (tertiary/aromatic N) is 2. The second-order valence-corrected chi connectivity index (χ2v) is 11.8. The molecule has 1 aromatic heterocycles. The van der Waals surface area contributed by atoms with Gasteiger partial charge in [0.15, 0.2) is 18.4 Å². The number of aromatic nitrogens is 2. The van der Waals surface area contributed by atoms with E-state index < -0.39 is 95.5 Å². The second kappa shape index (κ2) is 12.4. The van der Waals surface area contributed by atoms with Crippen LogP contribution in [0.4, 0.5) is 5.82 Å². The summed E-state index contributed by atoms with van der Waals surface area (Å²) in [6.07, 6.45) is -9.67. The van der Waals surface area contributed by atoms with Gasteiger partial charge in [0.1, 0.15) is 30.2 Å². The van der Waals surface area contributed by atoms with Crippen molar-refractivity contribution in [3.63, 3.8) is 0 Å². The van der Waals surface area contributed by atoms with E-state index in [1.807, 2.05) is 0 Å².